The summed E-state index contributed by atoms with van der Waals surface area (Å²) in [6.07, 6.45) is 6.48. The lowest BCUT2D eigenvalue weighted by Crippen LogP contribution is -2.62. The number of nitrogens with one attached hydrogen (secondary N) is 1. The Morgan fingerprint density at radius 1 is 0.892 bits per heavy atom. The zero-order valence-corrected chi connectivity index (χ0v) is 39.2. The van der Waals surface area contributed by atoms with Crippen LogP contribution in [0.4, 0.5) is 10.7 Å². The number of benzene rings is 3. The van der Waals surface area contributed by atoms with Crippen LogP contribution < -0.4 is 16.2 Å². The summed E-state index contributed by atoms with van der Waals surface area (Å²) in [7, 11) is -4.11. The quantitative estimate of drug-likeness (QED) is 0.140. The van der Waals surface area contributed by atoms with Gasteiger partial charge in [-0.2, -0.15) is 0 Å². The zero-order chi connectivity index (χ0) is 46.0. The molecule has 1 saturated carbocycles. The van der Waals surface area contributed by atoms with Gasteiger partial charge < -0.3 is 30.0 Å². The maximum absolute atomic E-state index is 14.1. The summed E-state index contributed by atoms with van der Waals surface area (Å²) in [5.41, 5.74) is 9.88. The number of carbonyl (C=O) groups excluding carboxylic acids is 1. The van der Waals surface area contributed by atoms with Crippen molar-refractivity contribution in [1.82, 2.24) is 28.7 Å². The van der Waals surface area contributed by atoms with E-state index >= 15 is 0 Å². The Bertz CT molecular complexity index is 2940. The third kappa shape index (κ3) is 8.43. The van der Waals surface area contributed by atoms with Gasteiger partial charge in [-0.25, -0.2) is 27.2 Å². The van der Waals surface area contributed by atoms with Gasteiger partial charge in [0.25, 0.3) is 15.6 Å². The smallest absolute Gasteiger partial charge is 0.410 e. The van der Waals surface area contributed by atoms with Gasteiger partial charge in [-0.1, -0.05) is 54.1 Å². The lowest BCUT2D eigenvalue weighted by Gasteiger charge is -2.49. The molecule has 65 heavy (non-hydrogen) atoms. The number of nitrogens with zero attached hydrogens (tertiary/aromatic N) is 6. The molecule has 0 radical (unpaired) electrons. The molecule has 15 heteroatoms. The fourth-order valence-corrected chi connectivity index (χ4v) is 11.4. The Morgan fingerprint density at radius 2 is 1.63 bits per heavy atom. The average Bonchev–Trinajstić information content (AvgIpc) is 3.97. The fraction of sp³-hybridized carbons (Fsp3) is 0.440. The van der Waals surface area contributed by atoms with Gasteiger partial charge in [0.1, 0.15) is 16.7 Å². The van der Waals surface area contributed by atoms with E-state index < -0.39 is 26.8 Å². The summed E-state index contributed by atoms with van der Waals surface area (Å²) >= 11 is 0. The van der Waals surface area contributed by atoms with E-state index in [0.29, 0.717) is 46.3 Å². The predicted octanol–water partition coefficient (Wildman–Crippen LogP) is 7.47. The number of H-pyrrole nitrogens is 1. The van der Waals surface area contributed by atoms with E-state index in [4.69, 9.17) is 25.2 Å². The second-order valence-electron chi connectivity index (χ2n) is 19.2. The van der Waals surface area contributed by atoms with E-state index in [2.05, 4.69) is 28.6 Å². The Kier molecular flexibility index (Phi) is 11.7. The summed E-state index contributed by atoms with van der Waals surface area (Å²) in [4.78, 5) is 46.9. The first-order chi connectivity index (χ1) is 31.0. The third-order valence-electron chi connectivity index (χ3n) is 13.2. The Morgan fingerprint density at radius 3 is 2.31 bits per heavy atom. The van der Waals surface area contributed by atoms with Crippen molar-refractivity contribution in [3.8, 4) is 11.1 Å². The van der Waals surface area contributed by atoms with Gasteiger partial charge in [0.05, 0.1) is 22.2 Å². The number of amides is 1. The molecule has 0 spiro atoms. The molecule has 3 aromatic heterocycles. The number of fused-ring (bicyclic) bond motifs is 2. The van der Waals surface area contributed by atoms with E-state index in [9.17, 15) is 18.0 Å². The zero-order valence-electron chi connectivity index (χ0n) is 38.4. The van der Waals surface area contributed by atoms with Crippen molar-refractivity contribution in [3.05, 3.63) is 118 Å². The molecular formula is C50H60N8O6S. The average molecular weight is 901 g/mol. The molecule has 3 fully saturated rings. The standard InChI is InChI=1S/C50H60N8O6S/c1-31-13-18-43(32(2)25-31)65(61,62)58-24-21-39-41(27-52-46(59)44(39)58)35-14-17-42-40(26-35)45(50(30-51,63-38-15-16-38)36-11-9-8-10-12-36)54-47(53-42)55-22-19-37(20-23-55)56-28-34(4)57(29-33(56)3)48(60)64-49(5,6)7/h8-14,17-18,21,24-27,33-34,37-38H,15-16,19-20,22-23,28-30,51H2,1-7H3,(H,52,59)/t33-,34+,50?/m0/s1. The fourth-order valence-electron chi connectivity index (χ4n) is 9.84. The number of carbonyl (C=O) groups is 1. The van der Waals surface area contributed by atoms with E-state index in [1.165, 1.54) is 6.20 Å². The number of hydrogen-bond donors (Lipinski definition) is 2. The predicted molar refractivity (Wildman–Crippen MR) is 254 cm³/mol. The van der Waals surface area contributed by atoms with Gasteiger partial charge in [0, 0.05) is 79.6 Å². The van der Waals surface area contributed by atoms with Crippen molar-refractivity contribution >= 4 is 43.9 Å². The SMILES string of the molecule is Cc1ccc(S(=O)(=O)n2ccc3c(-c4ccc5nc(N6CCC(N7C[C@@H](C)N(C(=O)OC(C)(C)C)C[C@@H]7C)CC6)nc(C(CN)(OC6CC6)c6ccccc6)c5c4)c[nH]c(=O)c32)c(C)c1. The van der Waals surface area contributed by atoms with E-state index in [1.807, 2.05) is 87.2 Å². The lowest BCUT2D eigenvalue weighted by atomic mass is 9.86. The second kappa shape index (κ2) is 17.0. The number of aryl methyl sites for hydroxylation is 2. The molecule has 0 bridgehead atoms. The Hall–Kier alpha value is -5.61. The molecular weight excluding hydrogens is 841 g/mol. The van der Waals surface area contributed by atoms with E-state index in [-0.39, 0.29) is 41.2 Å². The number of pyridine rings is 1. The highest BCUT2D eigenvalue weighted by molar-refractivity contribution is 7.90. The first kappa shape index (κ1) is 44.6. The van der Waals surface area contributed by atoms with Crippen molar-refractivity contribution in [1.29, 1.82) is 0 Å². The summed E-state index contributed by atoms with van der Waals surface area (Å²) in [5.74, 6) is 0.600. The van der Waals surface area contributed by atoms with E-state index in [1.54, 1.807) is 31.3 Å². The molecule has 6 aromatic rings. The number of rotatable bonds is 10. The summed E-state index contributed by atoms with van der Waals surface area (Å²) in [5, 5.41) is 1.23. The van der Waals surface area contributed by atoms with Gasteiger partial charge in [-0.15, -0.1) is 0 Å². The maximum Gasteiger partial charge on any atom is 0.410 e. The Labute approximate surface area is 380 Å². The summed E-state index contributed by atoms with van der Waals surface area (Å²) < 4.78 is 42.1. The van der Waals surface area contributed by atoms with Crippen LogP contribution in [0.3, 0.4) is 0 Å². The van der Waals surface area contributed by atoms with Gasteiger partial charge in [-0.3, -0.25) is 9.69 Å². The van der Waals surface area contributed by atoms with Crippen molar-refractivity contribution in [2.75, 3.05) is 37.6 Å². The lowest BCUT2D eigenvalue weighted by molar-refractivity contribution is -0.0259. The molecule has 1 unspecified atom stereocenters. The van der Waals surface area contributed by atoms with Gasteiger partial charge >= 0.3 is 6.09 Å². The maximum atomic E-state index is 14.1. The van der Waals surface area contributed by atoms with Crippen LogP contribution >= 0.6 is 0 Å². The molecule has 1 amide bonds. The van der Waals surface area contributed by atoms with Gasteiger partial charge in [-0.05, 0) is 115 Å². The van der Waals surface area contributed by atoms with Crippen LogP contribution in [0.25, 0.3) is 32.9 Å². The highest BCUT2D eigenvalue weighted by Gasteiger charge is 2.44. The normalized spacial score (nSPS) is 20.1. The van der Waals surface area contributed by atoms with Crippen molar-refractivity contribution < 1.29 is 22.7 Å². The molecule has 14 nitrogen and oxygen atoms in total. The van der Waals surface area contributed by atoms with E-state index in [0.717, 1.165) is 71.4 Å². The highest BCUT2D eigenvalue weighted by Crippen LogP contribution is 2.43. The van der Waals surface area contributed by atoms with Crippen molar-refractivity contribution in [2.45, 2.75) is 114 Å². The minimum absolute atomic E-state index is 0.0176. The van der Waals surface area contributed by atoms with Crippen LogP contribution in [-0.2, 0) is 25.1 Å². The molecule has 3 aromatic carbocycles. The number of aromatic amines is 1. The number of piperidine rings is 1. The number of ether oxygens (including phenoxy) is 2. The third-order valence-corrected chi connectivity index (χ3v) is 15.1. The Balaban J connectivity index is 1.09. The first-order valence-electron chi connectivity index (χ1n) is 22.8. The molecule has 5 heterocycles. The first-order valence-corrected chi connectivity index (χ1v) is 24.2. The van der Waals surface area contributed by atoms with Crippen LogP contribution in [0.15, 0.2) is 94.9 Å². The molecule has 1 aliphatic carbocycles. The number of aromatic nitrogens is 4. The number of anilines is 1. The van der Waals surface area contributed by atoms with Gasteiger partial charge in [0.15, 0.2) is 0 Å². The van der Waals surface area contributed by atoms with Crippen LogP contribution in [0.1, 0.15) is 82.7 Å². The van der Waals surface area contributed by atoms with Crippen LogP contribution in [0.2, 0.25) is 0 Å². The summed E-state index contributed by atoms with van der Waals surface area (Å²) in [6, 6.07) is 23.3. The monoisotopic (exact) mass is 900 g/mol. The largest absolute Gasteiger partial charge is 0.444 e. The van der Waals surface area contributed by atoms with Crippen LogP contribution in [0.5, 0.6) is 0 Å². The second-order valence-corrected chi connectivity index (χ2v) is 21.0. The topological polar surface area (TPSA) is 169 Å². The molecule has 2 saturated heterocycles. The minimum Gasteiger partial charge on any atom is -0.444 e. The number of piperazine rings is 1. The van der Waals surface area contributed by atoms with Crippen molar-refractivity contribution in [2.24, 2.45) is 5.73 Å². The number of hydrogen-bond acceptors (Lipinski definition) is 11. The summed E-state index contributed by atoms with van der Waals surface area (Å²) in [6.45, 7) is 16.6. The van der Waals surface area contributed by atoms with Crippen molar-refractivity contribution in [3.63, 3.8) is 0 Å². The minimum atomic E-state index is -4.11. The molecule has 3 aliphatic rings. The molecule has 3 N–H and O–H groups in total. The van der Waals surface area contributed by atoms with Gasteiger partial charge in [0.2, 0.25) is 5.95 Å². The molecule has 342 valence electrons. The molecule has 9 rings (SSSR count). The highest BCUT2D eigenvalue weighted by atomic mass is 32.2. The molecule has 3 atom stereocenters. The number of nitrogens with two attached hydrogens (primary N) is 1. The van der Waals surface area contributed by atoms with Crippen LogP contribution in [-0.4, -0.2) is 106 Å². The van der Waals surface area contributed by atoms with Crippen LogP contribution in [0, 0.1) is 13.8 Å². The molecule has 2 aliphatic heterocycles.